The number of nitrogens with zero attached hydrogens (tertiary/aromatic N) is 2. The summed E-state index contributed by atoms with van der Waals surface area (Å²) >= 11 is 6.87. The van der Waals surface area contributed by atoms with E-state index in [1.54, 1.807) is 57.9 Å². The highest BCUT2D eigenvalue weighted by molar-refractivity contribution is 6.34. The van der Waals surface area contributed by atoms with E-state index in [1.165, 1.54) is 14.2 Å². The molecule has 0 spiro atoms. The number of aliphatic hydroxyl groups is 1. The number of carbonyl (C=O) groups is 9. The zero-order valence-electron chi connectivity index (χ0n) is 49.0. The van der Waals surface area contributed by atoms with Crippen molar-refractivity contribution in [1.29, 1.82) is 0 Å². The third-order valence-electron chi connectivity index (χ3n) is 15.2. The molecular weight excluding hydrogens is 1160 g/mol. The van der Waals surface area contributed by atoms with Crippen molar-refractivity contribution in [3.63, 3.8) is 0 Å². The van der Waals surface area contributed by atoms with E-state index in [1.807, 2.05) is 19.1 Å². The average molecular weight is 1230 g/mol. The fourth-order valence-electron chi connectivity index (χ4n) is 10.4. The van der Waals surface area contributed by atoms with Gasteiger partial charge in [-0.1, -0.05) is 56.2 Å². The van der Waals surface area contributed by atoms with Gasteiger partial charge in [-0.15, -0.1) is 5.06 Å². The van der Waals surface area contributed by atoms with Crippen molar-refractivity contribution in [3.8, 4) is 5.75 Å². The summed E-state index contributed by atoms with van der Waals surface area (Å²) in [5.74, 6) is -5.43. The summed E-state index contributed by atoms with van der Waals surface area (Å²) < 4.78 is 74.3. The van der Waals surface area contributed by atoms with Gasteiger partial charge in [0.1, 0.15) is 46.8 Å². The van der Waals surface area contributed by atoms with Gasteiger partial charge in [0.15, 0.2) is 5.72 Å². The van der Waals surface area contributed by atoms with Gasteiger partial charge in [0.05, 0.1) is 30.2 Å². The van der Waals surface area contributed by atoms with Crippen LogP contribution >= 0.6 is 11.6 Å². The molecular formula is C57H75ClF3N9O16. The van der Waals surface area contributed by atoms with Gasteiger partial charge in [-0.25, -0.2) is 19.2 Å². The molecule has 3 saturated heterocycles. The largest absolute Gasteiger partial charge is 0.495 e. The van der Waals surface area contributed by atoms with E-state index >= 15 is 13.2 Å². The Labute approximate surface area is 499 Å². The van der Waals surface area contributed by atoms with Gasteiger partial charge in [0.25, 0.3) is 11.8 Å². The van der Waals surface area contributed by atoms with Crippen molar-refractivity contribution in [2.75, 3.05) is 49.9 Å². The predicted octanol–water partition coefficient (Wildman–Crippen LogP) is 6.05. The van der Waals surface area contributed by atoms with Crippen LogP contribution in [0.2, 0.25) is 5.02 Å². The number of nitrogens with two attached hydrogens (primary N) is 1. The first kappa shape index (κ1) is 67.4. The maximum absolute atomic E-state index is 15.0. The summed E-state index contributed by atoms with van der Waals surface area (Å²) in [6, 6.07) is 2.60. The molecule has 2 aromatic rings. The third-order valence-corrected chi connectivity index (χ3v) is 15.6. The van der Waals surface area contributed by atoms with Gasteiger partial charge in [-0.05, 0) is 87.8 Å². The maximum atomic E-state index is 15.0. The van der Waals surface area contributed by atoms with Crippen LogP contribution in [-0.4, -0.2) is 146 Å². The molecule has 25 nitrogen and oxygen atoms in total. The van der Waals surface area contributed by atoms with E-state index < -0.39 is 136 Å². The van der Waals surface area contributed by atoms with E-state index in [-0.39, 0.29) is 82.3 Å². The number of rotatable bonds is 20. The predicted molar refractivity (Wildman–Crippen MR) is 304 cm³/mol. The highest BCUT2D eigenvalue weighted by Crippen LogP contribution is 2.49. The van der Waals surface area contributed by atoms with Crippen LogP contribution in [0.5, 0.6) is 5.75 Å². The van der Waals surface area contributed by atoms with Gasteiger partial charge in [-0.2, -0.15) is 13.2 Å². The molecule has 29 heteroatoms. The average Bonchev–Trinajstić information content (AvgIpc) is 1.65. The number of alkyl carbamates (subject to hydrolysis) is 1. The molecule has 9 N–H and O–H groups in total. The summed E-state index contributed by atoms with van der Waals surface area (Å²) in [5, 5.41) is 27.1. The molecule has 3 fully saturated rings. The molecule has 86 heavy (non-hydrogen) atoms. The Bertz CT molecular complexity index is 2930. The third kappa shape index (κ3) is 17.7. The van der Waals surface area contributed by atoms with Crippen molar-refractivity contribution >= 4 is 82.4 Å². The summed E-state index contributed by atoms with van der Waals surface area (Å²) in [5.41, 5.74) is 1.57. The van der Waals surface area contributed by atoms with Gasteiger partial charge in [0.2, 0.25) is 17.7 Å². The Hall–Kier alpha value is -7.69. The lowest BCUT2D eigenvalue weighted by atomic mass is 9.83. The number of allylic oxidation sites excluding steroid dienone is 3. The molecule has 0 saturated carbocycles. The van der Waals surface area contributed by atoms with Gasteiger partial charge >= 0.3 is 30.4 Å². The van der Waals surface area contributed by atoms with Gasteiger partial charge < -0.3 is 65.5 Å². The summed E-state index contributed by atoms with van der Waals surface area (Å²) in [4.78, 5) is 122. The number of amides is 9. The Balaban J connectivity index is 1.19. The van der Waals surface area contributed by atoms with Crippen molar-refractivity contribution in [3.05, 3.63) is 70.3 Å². The topological polar surface area (TPSA) is 337 Å². The second kappa shape index (κ2) is 29.1. The molecule has 4 heterocycles. The first-order valence-corrected chi connectivity index (χ1v) is 28.4. The van der Waals surface area contributed by atoms with Gasteiger partial charge in [0, 0.05) is 77.4 Å². The number of primary amides is 1. The smallest absolute Gasteiger partial charge is 0.418 e. The second-order valence-corrected chi connectivity index (χ2v) is 22.5. The lowest BCUT2D eigenvalue weighted by molar-refractivity contribution is -0.197. The molecule has 6 rings (SSSR count). The zero-order chi connectivity index (χ0) is 63.4. The highest BCUT2D eigenvalue weighted by atomic mass is 35.5. The monoisotopic (exact) mass is 1230 g/mol. The lowest BCUT2D eigenvalue weighted by Crippen LogP contribution is -2.63. The van der Waals surface area contributed by atoms with Crippen LogP contribution < -0.4 is 47.3 Å². The highest BCUT2D eigenvalue weighted by Gasteiger charge is 2.64. The fraction of sp³-hybridized carbons (Fsp3) is 0.561. The number of ether oxygens (including phenoxy) is 5. The Kier molecular flexibility index (Phi) is 22.8. The number of nitrogens with one attached hydrogen (secondary N) is 6. The van der Waals surface area contributed by atoms with E-state index in [2.05, 4.69) is 31.9 Å². The van der Waals surface area contributed by atoms with E-state index in [0.29, 0.717) is 29.0 Å². The maximum Gasteiger partial charge on any atom is 0.418 e. The minimum absolute atomic E-state index is 0.00425. The molecule has 0 unspecified atom stereocenters. The normalized spacial score (nSPS) is 25.0. The van der Waals surface area contributed by atoms with Crippen molar-refractivity contribution < 1.29 is 90.0 Å². The number of benzene rings is 2. The van der Waals surface area contributed by atoms with Crippen molar-refractivity contribution in [1.82, 2.24) is 26.3 Å². The minimum atomic E-state index is -5.15. The molecule has 9 amide bonds. The number of methoxy groups -OCH3 is 2. The van der Waals surface area contributed by atoms with E-state index in [0.717, 1.165) is 23.3 Å². The number of hydroxylamine groups is 2. The van der Waals surface area contributed by atoms with E-state index in [9.17, 15) is 48.3 Å². The fourth-order valence-corrected chi connectivity index (χ4v) is 10.7. The quantitative estimate of drug-likeness (QED) is 0.0425. The van der Waals surface area contributed by atoms with Crippen LogP contribution in [0.3, 0.4) is 0 Å². The molecule has 4 aliphatic rings. The van der Waals surface area contributed by atoms with Gasteiger partial charge in [-0.3, -0.25) is 34.6 Å². The molecule has 0 radical (unpaired) electrons. The van der Waals surface area contributed by atoms with Crippen LogP contribution in [0.4, 0.5) is 44.6 Å². The zero-order valence-corrected chi connectivity index (χ0v) is 49.7. The SMILES string of the molecule is COc1cc2cc(c1Cl)N(C)CC[C@H](OC(=O)Nc1ccc(NC(=O)[C@H](CCCNC(N)=O)NC(=O)[C@@H](NC(=O)CCCCC(=O)ON3C(=O)CCC3=O)C(C)C)cc1C(F)(F)F)[C@]1(C)O[C@H]1[C@H](C)[C@@H]1C[C@@](O)(NC(=O)O1)[C@H](OC)/C=C/C=C(\C)C2. The Morgan fingerprint density at radius 1 is 0.977 bits per heavy atom. The summed E-state index contributed by atoms with van der Waals surface area (Å²) in [6.45, 7) is 8.54. The molecule has 472 valence electrons. The lowest BCUT2D eigenvalue weighted by Gasteiger charge is -2.42. The first-order valence-electron chi connectivity index (χ1n) is 28.0. The Morgan fingerprint density at radius 2 is 1.67 bits per heavy atom. The molecule has 9 atom stereocenters. The number of carbonyl (C=O) groups excluding carboxylic acids is 9. The van der Waals surface area contributed by atoms with Crippen molar-refractivity contribution in [2.45, 2.75) is 159 Å². The van der Waals surface area contributed by atoms with Crippen LogP contribution in [0, 0.1) is 11.8 Å². The number of hydrogen-bond acceptors (Lipinski definition) is 17. The number of epoxide rings is 1. The van der Waals surface area contributed by atoms with Crippen LogP contribution in [0.25, 0.3) is 0 Å². The first-order chi connectivity index (χ1) is 40.5. The number of halogens is 4. The number of hydrogen-bond donors (Lipinski definition) is 8. The number of alkyl halides is 3. The number of unbranched alkanes of at least 4 members (excludes halogenated alkanes) is 1. The van der Waals surface area contributed by atoms with E-state index in [4.69, 9.17) is 45.9 Å². The van der Waals surface area contributed by atoms with Crippen LogP contribution in [0.1, 0.15) is 110 Å². The molecule has 4 bridgehead atoms. The number of anilines is 3. The molecule has 4 aliphatic heterocycles. The second-order valence-electron chi connectivity index (χ2n) is 22.2. The molecule has 0 aliphatic carbocycles. The molecule has 0 aromatic heterocycles. The number of urea groups is 1. The number of imide groups is 1. The van der Waals surface area contributed by atoms with Crippen molar-refractivity contribution in [2.24, 2.45) is 17.6 Å². The summed E-state index contributed by atoms with van der Waals surface area (Å²) in [6.07, 6.45) is -6.45. The molecule has 2 aromatic carbocycles. The summed E-state index contributed by atoms with van der Waals surface area (Å²) in [7, 11) is 4.58. The Morgan fingerprint density at radius 3 is 2.33 bits per heavy atom. The standard InChI is InChI=1S/C57H75ClF3N9O16/c1-30(2)48(67-43(71)16-9-10-17-46(74)86-70-44(72)20-21-45(70)73)51(76)65-37(14-12-23-63-52(62)77)50(75)64-34-18-19-36(35(28-34)57(59,60)61)66-53(78)84-41-22-24-69(6)38-26-33(27-39(81-7)47(38)58)25-31(3)13-11-15-42(82-8)56(80)29-40(83-54(79)68-56)32(4)49-55(41,5)85-49/h11,13,15,18-19,26-28,30,32,37,40-42,48-49,80H,9-10,12,14,16-17,20-25,29H2,1-8H3,(H,64,75)(H,65,76)(H,66,78)(H,67,71)(H,68,79)(H3,62,63,77)/b15-11+,31-13+/t32-,37+,40+,41+,42-,48+,49+,55+,56+/m1/s1. The van der Waals surface area contributed by atoms with Crippen LogP contribution in [-0.2, 0) is 65.1 Å². The number of fused-ring (bicyclic) bond motifs is 5. The van der Waals surface area contributed by atoms with Crippen LogP contribution in [0.15, 0.2) is 54.1 Å². The minimum Gasteiger partial charge on any atom is -0.495 e.